The van der Waals surface area contributed by atoms with Crippen molar-refractivity contribution in [2.75, 3.05) is 5.75 Å². The summed E-state index contributed by atoms with van der Waals surface area (Å²) in [6.07, 6.45) is 6.11. The maximum atomic E-state index is 13.3. The molecule has 0 amide bonds. The summed E-state index contributed by atoms with van der Waals surface area (Å²) in [6, 6.07) is 8.14. The van der Waals surface area contributed by atoms with Crippen molar-refractivity contribution in [3.63, 3.8) is 0 Å². The van der Waals surface area contributed by atoms with Crippen molar-refractivity contribution in [2.45, 2.75) is 59.8 Å². The highest BCUT2D eigenvalue weighted by molar-refractivity contribution is 7.85. The number of Topliss-reactive ketones (excluding diaryl/α,β-unsaturated/α-hetero) is 2. The van der Waals surface area contributed by atoms with Crippen LogP contribution in [0.25, 0.3) is 6.08 Å². The first-order valence-corrected chi connectivity index (χ1v) is 13.7. The molecule has 0 aromatic heterocycles. The fourth-order valence-electron chi connectivity index (χ4n) is 9.16. The van der Waals surface area contributed by atoms with Crippen LogP contribution in [0.2, 0.25) is 0 Å². The van der Waals surface area contributed by atoms with Crippen molar-refractivity contribution >= 4 is 27.8 Å². The van der Waals surface area contributed by atoms with E-state index < -0.39 is 26.7 Å². The highest BCUT2D eigenvalue weighted by Gasteiger charge is 2.97. The molecule has 0 aliphatic heterocycles. The van der Waals surface area contributed by atoms with Crippen LogP contribution in [0.5, 0.6) is 0 Å². The molecule has 1 N–H and O–H groups in total. The van der Waals surface area contributed by atoms with E-state index in [4.69, 9.17) is 0 Å². The maximum Gasteiger partial charge on any atom is 0.265 e. The summed E-state index contributed by atoms with van der Waals surface area (Å²) in [4.78, 5) is 26.4. The molecule has 2 bridgehead atoms. The Kier molecular flexibility index (Phi) is 3.87. The van der Waals surface area contributed by atoms with E-state index in [1.165, 1.54) is 0 Å². The summed E-state index contributed by atoms with van der Waals surface area (Å²) < 4.78 is 32.7. The lowest BCUT2D eigenvalue weighted by molar-refractivity contribution is -0.154. The second kappa shape index (κ2) is 5.88. The molecule has 0 spiro atoms. The predicted octanol–water partition coefficient (Wildman–Crippen LogP) is 4.51. The van der Waals surface area contributed by atoms with Gasteiger partial charge in [-0.15, -0.1) is 0 Å². The molecule has 1 aromatic carbocycles. The molecule has 0 saturated heterocycles. The molecule has 5 aliphatic carbocycles. The van der Waals surface area contributed by atoms with Crippen LogP contribution in [0.4, 0.5) is 0 Å². The molecule has 33 heavy (non-hydrogen) atoms. The third-order valence-corrected chi connectivity index (χ3v) is 12.3. The summed E-state index contributed by atoms with van der Waals surface area (Å²) in [5.41, 5.74) is 1.05. The van der Waals surface area contributed by atoms with E-state index >= 15 is 0 Å². The van der Waals surface area contributed by atoms with Gasteiger partial charge in [-0.3, -0.25) is 14.1 Å². The zero-order chi connectivity index (χ0) is 23.8. The number of hydrogen-bond acceptors (Lipinski definition) is 4. The van der Waals surface area contributed by atoms with E-state index in [-0.39, 0.29) is 27.9 Å². The Bertz CT molecular complexity index is 1260. The number of carbonyl (C=O) groups excluding carboxylic acids is 2. The Morgan fingerprint density at radius 2 is 1.70 bits per heavy atom. The molecular weight excluding hydrogens is 436 g/mol. The van der Waals surface area contributed by atoms with Gasteiger partial charge < -0.3 is 0 Å². The highest BCUT2D eigenvalue weighted by Crippen LogP contribution is 2.93. The van der Waals surface area contributed by atoms with E-state index in [1.54, 1.807) is 0 Å². The van der Waals surface area contributed by atoms with Gasteiger partial charge >= 0.3 is 0 Å². The van der Waals surface area contributed by atoms with Crippen LogP contribution in [0, 0.1) is 38.9 Å². The van der Waals surface area contributed by atoms with E-state index in [0.717, 1.165) is 36.0 Å². The number of hydrogen-bond donors (Lipinski definition) is 1. The van der Waals surface area contributed by atoms with Crippen molar-refractivity contribution in [1.82, 2.24) is 0 Å². The third-order valence-electron chi connectivity index (χ3n) is 11.4. The van der Waals surface area contributed by atoms with Crippen LogP contribution in [-0.4, -0.2) is 30.3 Å². The minimum atomic E-state index is -4.20. The standard InChI is InChI=1S/C27H32O5S/c1-23(2)19-9-11-24(23,3)21(28)18(19)13-16-5-7-17(8-6-16)14-27-20-10-12-26(22(27)29,25(20,27)4)15-33(30,31)32/h5-8,13,19-20H,9-12,14-15H2,1-4H3,(H,30,31,32)/b18-13+. The predicted molar refractivity (Wildman–Crippen MR) is 125 cm³/mol. The van der Waals surface area contributed by atoms with E-state index in [2.05, 4.69) is 26.8 Å². The molecule has 6 rings (SSSR count). The molecule has 6 heteroatoms. The van der Waals surface area contributed by atoms with Crippen LogP contribution >= 0.6 is 0 Å². The van der Waals surface area contributed by atoms with Gasteiger partial charge in [-0.05, 0) is 77.5 Å². The van der Waals surface area contributed by atoms with E-state index in [1.807, 2.05) is 31.2 Å². The summed E-state index contributed by atoms with van der Waals surface area (Å²) in [5, 5.41) is 0. The summed E-state index contributed by atoms with van der Waals surface area (Å²) in [7, 11) is -4.20. The Morgan fingerprint density at radius 3 is 2.24 bits per heavy atom. The van der Waals surface area contributed by atoms with Gasteiger partial charge in [-0.2, -0.15) is 8.42 Å². The van der Waals surface area contributed by atoms with Gasteiger partial charge in [0.25, 0.3) is 10.1 Å². The molecule has 5 saturated carbocycles. The van der Waals surface area contributed by atoms with E-state index in [0.29, 0.717) is 24.5 Å². The SMILES string of the molecule is CC12CCC(/C(=C\c3ccc(CC45C(=O)C6(CS(=O)(=O)O)CCC4C65C)cc3)C1=O)C2(C)C. The largest absolute Gasteiger partial charge is 0.298 e. The van der Waals surface area contributed by atoms with Gasteiger partial charge in [0.05, 0.1) is 11.2 Å². The lowest BCUT2D eigenvalue weighted by atomic mass is 9.51. The molecule has 0 radical (unpaired) electrons. The normalized spacial score (nSPS) is 45.4. The molecular formula is C27H32O5S. The molecule has 5 fully saturated rings. The monoisotopic (exact) mass is 468 g/mol. The molecule has 6 unspecified atom stereocenters. The molecule has 176 valence electrons. The lowest BCUT2D eigenvalue weighted by Crippen LogP contribution is -2.60. The minimum Gasteiger partial charge on any atom is -0.298 e. The minimum absolute atomic E-state index is 0.00659. The first-order valence-electron chi connectivity index (χ1n) is 12.1. The van der Waals surface area contributed by atoms with Crippen molar-refractivity contribution in [2.24, 2.45) is 38.9 Å². The topological polar surface area (TPSA) is 88.5 Å². The number of benzene rings is 1. The zero-order valence-corrected chi connectivity index (χ0v) is 20.6. The van der Waals surface area contributed by atoms with Gasteiger partial charge in [0, 0.05) is 10.8 Å². The van der Waals surface area contributed by atoms with Crippen molar-refractivity contribution < 1.29 is 22.6 Å². The average molecular weight is 469 g/mol. The first-order chi connectivity index (χ1) is 15.2. The molecule has 6 atom stereocenters. The molecule has 5 aliphatic rings. The lowest BCUT2D eigenvalue weighted by Gasteiger charge is -2.51. The quantitative estimate of drug-likeness (QED) is 0.507. The molecule has 1 aromatic rings. The summed E-state index contributed by atoms with van der Waals surface area (Å²) >= 11 is 0. The Labute approximate surface area is 195 Å². The number of carbonyl (C=O) groups is 2. The highest BCUT2D eigenvalue weighted by atomic mass is 32.2. The smallest absolute Gasteiger partial charge is 0.265 e. The molecule has 0 heterocycles. The average Bonchev–Trinajstić information content (AvgIpc) is 2.84. The Hall–Kier alpha value is -1.79. The van der Waals surface area contributed by atoms with Crippen molar-refractivity contribution in [3.05, 3.63) is 41.0 Å². The van der Waals surface area contributed by atoms with Crippen LogP contribution in [-0.2, 0) is 26.1 Å². The van der Waals surface area contributed by atoms with Gasteiger partial charge in [0.15, 0.2) is 5.78 Å². The van der Waals surface area contributed by atoms with E-state index in [9.17, 15) is 22.6 Å². The maximum absolute atomic E-state index is 13.3. The van der Waals surface area contributed by atoms with Gasteiger partial charge in [-0.1, -0.05) is 52.0 Å². The van der Waals surface area contributed by atoms with Crippen molar-refractivity contribution in [3.8, 4) is 0 Å². The van der Waals surface area contributed by atoms with Gasteiger partial charge in [-0.25, -0.2) is 0 Å². The fraction of sp³-hybridized carbons (Fsp3) is 0.630. The first kappa shape index (κ1) is 21.7. The molecule has 5 nitrogen and oxygen atoms in total. The Balaban J connectivity index is 1.24. The number of rotatable bonds is 5. The van der Waals surface area contributed by atoms with Gasteiger partial charge in [0.1, 0.15) is 5.78 Å². The summed E-state index contributed by atoms with van der Waals surface area (Å²) in [5.74, 6) is 0.393. The Morgan fingerprint density at radius 1 is 1.03 bits per heavy atom. The second-order valence-electron chi connectivity index (χ2n) is 12.4. The second-order valence-corrected chi connectivity index (χ2v) is 13.8. The van der Waals surface area contributed by atoms with Crippen LogP contribution in [0.3, 0.4) is 0 Å². The zero-order valence-electron chi connectivity index (χ0n) is 19.8. The van der Waals surface area contributed by atoms with Gasteiger partial charge in [0.2, 0.25) is 0 Å². The van der Waals surface area contributed by atoms with Crippen molar-refractivity contribution in [1.29, 1.82) is 0 Å². The third kappa shape index (κ3) is 2.21. The summed E-state index contributed by atoms with van der Waals surface area (Å²) in [6.45, 7) is 8.59. The van der Waals surface area contributed by atoms with Crippen LogP contribution in [0.1, 0.15) is 64.5 Å². The number of fused-ring (bicyclic) bond motifs is 3. The number of ketones is 2. The van der Waals surface area contributed by atoms with Crippen LogP contribution < -0.4 is 0 Å². The number of allylic oxidation sites excluding steroid dienone is 1. The fourth-order valence-corrected chi connectivity index (χ4v) is 10.4. The van der Waals surface area contributed by atoms with Crippen LogP contribution in [0.15, 0.2) is 29.8 Å².